The molecule has 5 rings (SSSR count). The maximum absolute atomic E-state index is 13.1. The highest BCUT2D eigenvalue weighted by Gasteiger charge is 2.44. The molecule has 3 aliphatic rings. The second-order valence-corrected chi connectivity index (χ2v) is 8.59. The summed E-state index contributed by atoms with van der Waals surface area (Å²) < 4.78 is 11.8. The standard InChI is InChI=1S/C22H29N3O3/c26-21(19-2-3-20-18(12-19)4-6-23-20)25-7-1-5-22(16-25)13-17(15-28-22)14-24-8-10-27-11-9-24/h2-4,6,12,17,23H,1,5,7-11,13-16H2. The van der Waals surface area contributed by atoms with E-state index >= 15 is 0 Å². The number of nitrogens with one attached hydrogen (secondary N) is 1. The largest absolute Gasteiger partial charge is 0.379 e. The van der Waals surface area contributed by atoms with Gasteiger partial charge in [0.15, 0.2) is 0 Å². The van der Waals surface area contributed by atoms with Crippen molar-refractivity contribution >= 4 is 16.8 Å². The quantitative estimate of drug-likeness (QED) is 0.885. The SMILES string of the molecule is O=C(c1ccc2[nH]ccc2c1)N1CCCC2(CC(CN3CCOCC3)CO2)C1. The number of fused-ring (bicyclic) bond motifs is 1. The van der Waals surface area contributed by atoms with E-state index in [2.05, 4.69) is 9.88 Å². The number of H-pyrrole nitrogens is 1. The van der Waals surface area contributed by atoms with Crippen LogP contribution in [-0.2, 0) is 9.47 Å². The number of hydrogen-bond donors (Lipinski definition) is 1. The van der Waals surface area contributed by atoms with E-state index in [1.54, 1.807) is 0 Å². The average molecular weight is 383 g/mol. The van der Waals surface area contributed by atoms with Crippen LogP contribution >= 0.6 is 0 Å². The summed E-state index contributed by atoms with van der Waals surface area (Å²) in [5.74, 6) is 0.687. The number of morpholine rings is 1. The zero-order chi connectivity index (χ0) is 19.0. The van der Waals surface area contributed by atoms with Gasteiger partial charge in [-0.1, -0.05) is 0 Å². The molecule has 4 heterocycles. The number of aromatic nitrogens is 1. The topological polar surface area (TPSA) is 57.8 Å². The molecule has 150 valence electrons. The molecular weight excluding hydrogens is 354 g/mol. The van der Waals surface area contributed by atoms with Gasteiger partial charge in [-0.05, 0) is 49.4 Å². The Morgan fingerprint density at radius 3 is 3.00 bits per heavy atom. The zero-order valence-corrected chi connectivity index (χ0v) is 16.4. The van der Waals surface area contributed by atoms with Gasteiger partial charge in [0.25, 0.3) is 5.91 Å². The molecule has 3 saturated heterocycles. The summed E-state index contributed by atoms with van der Waals surface area (Å²) in [6.07, 6.45) is 5.05. The first-order chi connectivity index (χ1) is 13.7. The van der Waals surface area contributed by atoms with E-state index in [0.717, 1.165) is 88.3 Å². The van der Waals surface area contributed by atoms with Crippen molar-refractivity contribution in [2.24, 2.45) is 5.92 Å². The van der Waals surface area contributed by atoms with E-state index in [1.807, 2.05) is 35.4 Å². The van der Waals surface area contributed by atoms with Crippen LogP contribution in [0.5, 0.6) is 0 Å². The monoisotopic (exact) mass is 383 g/mol. The van der Waals surface area contributed by atoms with Gasteiger partial charge >= 0.3 is 0 Å². The lowest BCUT2D eigenvalue weighted by atomic mass is 9.86. The van der Waals surface area contributed by atoms with Crippen molar-refractivity contribution < 1.29 is 14.3 Å². The predicted octanol–water partition coefficient (Wildman–Crippen LogP) is 2.51. The Balaban J connectivity index is 1.24. The minimum atomic E-state index is -0.150. The van der Waals surface area contributed by atoms with Gasteiger partial charge < -0.3 is 19.4 Å². The van der Waals surface area contributed by atoms with Gasteiger partial charge in [-0.25, -0.2) is 0 Å². The Kier molecular flexibility index (Phi) is 4.87. The summed E-state index contributed by atoms with van der Waals surface area (Å²) in [4.78, 5) is 20.8. The lowest BCUT2D eigenvalue weighted by Crippen LogP contribution is -2.50. The molecule has 6 nitrogen and oxygen atoms in total. The van der Waals surface area contributed by atoms with E-state index in [4.69, 9.17) is 9.47 Å². The Labute approximate surface area is 165 Å². The van der Waals surface area contributed by atoms with E-state index in [0.29, 0.717) is 5.92 Å². The molecule has 28 heavy (non-hydrogen) atoms. The van der Waals surface area contributed by atoms with Crippen LogP contribution in [0.4, 0.5) is 0 Å². The summed E-state index contributed by atoms with van der Waals surface area (Å²) in [5, 5.41) is 1.08. The number of hydrogen-bond acceptors (Lipinski definition) is 4. The average Bonchev–Trinajstić information content (AvgIpc) is 3.35. The highest BCUT2D eigenvalue weighted by molar-refractivity contribution is 5.98. The molecule has 2 atom stereocenters. The second-order valence-electron chi connectivity index (χ2n) is 8.59. The number of carbonyl (C=O) groups excluding carboxylic acids is 1. The number of ether oxygens (including phenoxy) is 2. The van der Waals surface area contributed by atoms with Crippen molar-refractivity contribution in [3.05, 3.63) is 36.0 Å². The number of rotatable bonds is 3. The molecule has 0 radical (unpaired) electrons. The molecule has 0 saturated carbocycles. The molecule has 2 unspecified atom stereocenters. The Morgan fingerprint density at radius 2 is 2.11 bits per heavy atom. The molecule has 1 aromatic carbocycles. The molecular formula is C22H29N3O3. The molecule has 0 bridgehead atoms. The van der Waals surface area contributed by atoms with Crippen LogP contribution in [0.25, 0.3) is 10.9 Å². The van der Waals surface area contributed by atoms with Crippen molar-refractivity contribution in [2.75, 3.05) is 52.5 Å². The molecule has 6 heteroatoms. The minimum Gasteiger partial charge on any atom is -0.379 e. The molecule has 1 N–H and O–H groups in total. The van der Waals surface area contributed by atoms with Gasteiger partial charge in [0, 0.05) is 55.4 Å². The van der Waals surface area contributed by atoms with Gasteiger partial charge in [0.05, 0.1) is 25.4 Å². The summed E-state index contributed by atoms with van der Waals surface area (Å²) >= 11 is 0. The van der Waals surface area contributed by atoms with E-state index in [9.17, 15) is 4.79 Å². The van der Waals surface area contributed by atoms with Crippen LogP contribution in [0.1, 0.15) is 29.6 Å². The van der Waals surface area contributed by atoms with Crippen molar-refractivity contribution in [1.29, 1.82) is 0 Å². The van der Waals surface area contributed by atoms with E-state index < -0.39 is 0 Å². The van der Waals surface area contributed by atoms with Crippen LogP contribution < -0.4 is 0 Å². The van der Waals surface area contributed by atoms with Crippen LogP contribution in [0.15, 0.2) is 30.5 Å². The van der Waals surface area contributed by atoms with Crippen LogP contribution in [0.2, 0.25) is 0 Å². The third-order valence-corrected chi connectivity index (χ3v) is 6.53. The van der Waals surface area contributed by atoms with Gasteiger partial charge in [0.1, 0.15) is 0 Å². The Bertz CT molecular complexity index is 844. The Morgan fingerprint density at radius 1 is 1.21 bits per heavy atom. The molecule has 1 aromatic heterocycles. The lowest BCUT2D eigenvalue weighted by molar-refractivity contribution is -0.0451. The predicted molar refractivity (Wildman–Crippen MR) is 107 cm³/mol. The maximum Gasteiger partial charge on any atom is 0.253 e. The zero-order valence-electron chi connectivity index (χ0n) is 16.4. The fourth-order valence-corrected chi connectivity index (χ4v) is 5.13. The van der Waals surface area contributed by atoms with Crippen LogP contribution in [0, 0.1) is 5.92 Å². The van der Waals surface area contributed by atoms with Crippen LogP contribution in [-0.4, -0.2) is 78.8 Å². The van der Waals surface area contributed by atoms with Crippen molar-refractivity contribution in [1.82, 2.24) is 14.8 Å². The molecule has 2 aromatic rings. The normalized spacial score (nSPS) is 29.0. The number of piperidine rings is 1. The van der Waals surface area contributed by atoms with Gasteiger partial charge in [-0.15, -0.1) is 0 Å². The third kappa shape index (κ3) is 3.56. The summed E-state index contributed by atoms with van der Waals surface area (Å²) in [6.45, 7) is 7.17. The van der Waals surface area contributed by atoms with Gasteiger partial charge in [-0.2, -0.15) is 0 Å². The third-order valence-electron chi connectivity index (χ3n) is 6.53. The molecule has 1 spiro atoms. The molecule has 3 fully saturated rings. The van der Waals surface area contributed by atoms with Crippen molar-refractivity contribution in [3.63, 3.8) is 0 Å². The Hall–Kier alpha value is -1.89. The number of nitrogens with zero attached hydrogens (tertiary/aromatic N) is 2. The molecule has 3 aliphatic heterocycles. The van der Waals surface area contributed by atoms with Crippen molar-refractivity contribution in [3.8, 4) is 0 Å². The first-order valence-electron chi connectivity index (χ1n) is 10.5. The first kappa shape index (κ1) is 18.2. The van der Waals surface area contributed by atoms with E-state index in [1.165, 1.54) is 0 Å². The fraction of sp³-hybridized carbons (Fsp3) is 0.591. The summed E-state index contributed by atoms with van der Waals surface area (Å²) in [7, 11) is 0. The highest BCUT2D eigenvalue weighted by Crippen LogP contribution is 2.38. The number of likely N-dealkylation sites (tertiary alicyclic amines) is 1. The molecule has 1 amide bonds. The molecule has 0 aliphatic carbocycles. The number of aromatic amines is 1. The lowest BCUT2D eigenvalue weighted by Gasteiger charge is -2.40. The van der Waals surface area contributed by atoms with Gasteiger partial charge in [-0.3, -0.25) is 9.69 Å². The van der Waals surface area contributed by atoms with Crippen LogP contribution in [0.3, 0.4) is 0 Å². The number of carbonyl (C=O) groups is 1. The minimum absolute atomic E-state index is 0.127. The number of benzene rings is 1. The van der Waals surface area contributed by atoms with E-state index in [-0.39, 0.29) is 11.5 Å². The summed E-state index contributed by atoms with van der Waals surface area (Å²) in [6, 6.07) is 7.93. The summed E-state index contributed by atoms with van der Waals surface area (Å²) in [5.41, 5.74) is 1.69. The fourth-order valence-electron chi connectivity index (χ4n) is 5.13. The van der Waals surface area contributed by atoms with Gasteiger partial charge in [0.2, 0.25) is 0 Å². The second kappa shape index (κ2) is 7.50. The first-order valence-corrected chi connectivity index (χ1v) is 10.5. The highest BCUT2D eigenvalue weighted by atomic mass is 16.5. The smallest absolute Gasteiger partial charge is 0.253 e. The van der Waals surface area contributed by atoms with Crippen molar-refractivity contribution in [2.45, 2.75) is 24.9 Å². The maximum atomic E-state index is 13.1. The number of amides is 1.